The third-order valence-electron chi connectivity index (χ3n) is 3.99. The van der Waals surface area contributed by atoms with E-state index in [0.717, 1.165) is 12.5 Å². The van der Waals surface area contributed by atoms with Gasteiger partial charge in [-0.15, -0.1) is 6.58 Å². The van der Waals surface area contributed by atoms with Crippen molar-refractivity contribution in [3.05, 3.63) is 42.7 Å². The zero-order chi connectivity index (χ0) is 15.5. The molecular formula is C15H20FNO3S. The average Bonchev–Trinajstić information content (AvgIpc) is 2.48. The van der Waals surface area contributed by atoms with Gasteiger partial charge in [0.25, 0.3) is 0 Å². The first-order valence-electron chi connectivity index (χ1n) is 6.92. The maximum atomic E-state index is 13.8. The van der Waals surface area contributed by atoms with Crippen LogP contribution in [-0.2, 0) is 10.0 Å². The maximum Gasteiger partial charge on any atom is 0.246 e. The van der Waals surface area contributed by atoms with Crippen LogP contribution in [0.5, 0.6) is 0 Å². The summed E-state index contributed by atoms with van der Waals surface area (Å²) in [5.41, 5.74) is -0.516. The highest BCUT2D eigenvalue weighted by molar-refractivity contribution is 7.89. The smallest absolute Gasteiger partial charge is 0.246 e. The van der Waals surface area contributed by atoms with E-state index in [4.69, 9.17) is 0 Å². The second-order valence-electron chi connectivity index (χ2n) is 5.52. The van der Waals surface area contributed by atoms with Crippen molar-refractivity contribution in [2.45, 2.75) is 24.2 Å². The summed E-state index contributed by atoms with van der Waals surface area (Å²) in [5, 5.41) is 9.64. The van der Waals surface area contributed by atoms with Crippen molar-refractivity contribution in [1.29, 1.82) is 0 Å². The topological polar surface area (TPSA) is 57.6 Å². The van der Waals surface area contributed by atoms with E-state index in [1.807, 2.05) is 0 Å². The summed E-state index contributed by atoms with van der Waals surface area (Å²) in [6.45, 7) is 4.09. The normalized spacial score (nSPS) is 23.9. The number of aliphatic hydroxyl groups is 1. The number of halogens is 1. The minimum atomic E-state index is -3.88. The number of rotatable bonds is 5. The van der Waals surface area contributed by atoms with Gasteiger partial charge in [0.1, 0.15) is 10.7 Å². The van der Waals surface area contributed by atoms with Gasteiger partial charge in [0.05, 0.1) is 6.61 Å². The number of sulfonamides is 1. The quantitative estimate of drug-likeness (QED) is 0.848. The lowest BCUT2D eigenvalue weighted by Gasteiger charge is -2.40. The van der Waals surface area contributed by atoms with Crippen LogP contribution >= 0.6 is 0 Å². The van der Waals surface area contributed by atoms with E-state index in [1.165, 1.54) is 22.5 Å². The summed E-state index contributed by atoms with van der Waals surface area (Å²) in [4.78, 5) is -0.308. The Kier molecular flexibility index (Phi) is 4.81. The summed E-state index contributed by atoms with van der Waals surface area (Å²) in [5.74, 6) is -0.749. The lowest BCUT2D eigenvalue weighted by Crippen LogP contribution is -2.47. The molecule has 1 fully saturated rings. The molecule has 21 heavy (non-hydrogen) atoms. The van der Waals surface area contributed by atoms with Gasteiger partial charge in [0, 0.05) is 18.5 Å². The van der Waals surface area contributed by atoms with Gasteiger partial charge in [0.15, 0.2) is 0 Å². The molecule has 1 aromatic carbocycles. The van der Waals surface area contributed by atoms with Gasteiger partial charge in [0.2, 0.25) is 10.0 Å². The summed E-state index contributed by atoms with van der Waals surface area (Å²) in [7, 11) is -3.88. The molecule has 1 saturated heterocycles. The molecule has 1 heterocycles. The molecule has 1 atom stereocenters. The summed E-state index contributed by atoms with van der Waals surface area (Å²) < 4.78 is 40.3. The molecule has 0 radical (unpaired) electrons. The van der Waals surface area contributed by atoms with Crippen LogP contribution in [0.2, 0.25) is 0 Å². The first-order valence-corrected chi connectivity index (χ1v) is 8.36. The molecule has 0 bridgehead atoms. The van der Waals surface area contributed by atoms with E-state index in [9.17, 15) is 17.9 Å². The average molecular weight is 313 g/mol. The number of aliphatic hydroxyl groups excluding tert-OH is 1. The number of allylic oxidation sites excluding steroid dienone is 1. The molecule has 6 heteroatoms. The third-order valence-corrected chi connectivity index (χ3v) is 5.87. The molecular weight excluding hydrogens is 293 g/mol. The standard InChI is InChI=1S/C15H20FNO3S/c1-2-8-15(12-18)9-5-10-17(11-15)21(19,20)14-7-4-3-6-13(14)16/h2-4,6-7,18H,1,5,8-12H2/t15-/m0/s1. The number of piperidine rings is 1. The second-order valence-corrected chi connectivity index (χ2v) is 7.43. The minimum Gasteiger partial charge on any atom is -0.396 e. The second kappa shape index (κ2) is 6.25. The van der Waals surface area contributed by atoms with Crippen LogP contribution in [0, 0.1) is 11.2 Å². The molecule has 1 aromatic rings. The molecule has 0 saturated carbocycles. The maximum absolute atomic E-state index is 13.8. The number of nitrogens with zero attached hydrogens (tertiary/aromatic N) is 1. The minimum absolute atomic E-state index is 0.109. The summed E-state index contributed by atoms with van der Waals surface area (Å²) in [6, 6.07) is 5.37. The Morgan fingerprint density at radius 3 is 2.76 bits per heavy atom. The zero-order valence-electron chi connectivity index (χ0n) is 11.8. The molecule has 2 rings (SSSR count). The molecule has 0 spiro atoms. The number of benzene rings is 1. The molecule has 1 N–H and O–H groups in total. The van der Waals surface area contributed by atoms with Crippen molar-refractivity contribution >= 4 is 10.0 Å². The first kappa shape index (κ1) is 16.1. The fourth-order valence-electron chi connectivity index (χ4n) is 2.83. The van der Waals surface area contributed by atoms with Crippen molar-refractivity contribution in [3.63, 3.8) is 0 Å². The zero-order valence-corrected chi connectivity index (χ0v) is 12.7. The molecule has 1 aliphatic heterocycles. The predicted molar refractivity (Wildman–Crippen MR) is 78.7 cm³/mol. The predicted octanol–water partition coefficient (Wildman–Crippen LogP) is 2.17. The van der Waals surface area contributed by atoms with Crippen molar-refractivity contribution in [1.82, 2.24) is 4.31 Å². The lowest BCUT2D eigenvalue weighted by molar-refractivity contribution is 0.0669. The third kappa shape index (κ3) is 3.17. The highest BCUT2D eigenvalue weighted by Gasteiger charge is 2.39. The van der Waals surface area contributed by atoms with Crippen molar-refractivity contribution in [2.24, 2.45) is 5.41 Å². The fraction of sp³-hybridized carbons (Fsp3) is 0.467. The van der Waals surface area contributed by atoms with E-state index in [-0.39, 0.29) is 18.0 Å². The Bertz CT molecular complexity index is 617. The van der Waals surface area contributed by atoms with Crippen LogP contribution in [0.3, 0.4) is 0 Å². The highest BCUT2D eigenvalue weighted by atomic mass is 32.2. The monoisotopic (exact) mass is 313 g/mol. The van der Waals surface area contributed by atoms with E-state index < -0.39 is 21.3 Å². The Morgan fingerprint density at radius 2 is 2.14 bits per heavy atom. The van der Waals surface area contributed by atoms with Crippen LogP contribution in [-0.4, -0.2) is 37.5 Å². The number of hydrogen-bond donors (Lipinski definition) is 1. The lowest BCUT2D eigenvalue weighted by atomic mass is 9.79. The Morgan fingerprint density at radius 1 is 1.43 bits per heavy atom. The molecule has 0 aromatic heterocycles. The van der Waals surface area contributed by atoms with E-state index in [0.29, 0.717) is 19.4 Å². The Balaban J connectivity index is 2.33. The first-order chi connectivity index (χ1) is 9.95. The SMILES string of the molecule is C=CC[C@]1(CO)CCCN(S(=O)(=O)c2ccccc2F)C1. The molecule has 116 valence electrons. The van der Waals surface area contributed by atoms with Crippen molar-refractivity contribution in [2.75, 3.05) is 19.7 Å². The Labute approximate surface area is 125 Å². The molecule has 0 amide bonds. The largest absolute Gasteiger partial charge is 0.396 e. The van der Waals surface area contributed by atoms with Gasteiger partial charge in [-0.2, -0.15) is 4.31 Å². The molecule has 4 nitrogen and oxygen atoms in total. The van der Waals surface area contributed by atoms with Gasteiger partial charge in [-0.05, 0) is 31.4 Å². The van der Waals surface area contributed by atoms with Gasteiger partial charge in [-0.3, -0.25) is 0 Å². The van der Waals surface area contributed by atoms with Crippen LogP contribution in [0.1, 0.15) is 19.3 Å². The fourth-order valence-corrected chi connectivity index (χ4v) is 4.48. The van der Waals surface area contributed by atoms with Crippen LogP contribution in [0.25, 0.3) is 0 Å². The molecule has 0 unspecified atom stereocenters. The number of hydrogen-bond acceptors (Lipinski definition) is 3. The highest BCUT2D eigenvalue weighted by Crippen LogP contribution is 2.36. The van der Waals surface area contributed by atoms with Crippen LogP contribution < -0.4 is 0 Å². The Hall–Kier alpha value is -1.24. The van der Waals surface area contributed by atoms with E-state index >= 15 is 0 Å². The summed E-state index contributed by atoms with van der Waals surface area (Å²) in [6.07, 6.45) is 3.60. The summed E-state index contributed by atoms with van der Waals surface area (Å²) >= 11 is 0. The van der Waals surface area contributed by atoms with Gasteiger partial charge >= 0.3 is 0 Å². The van der Waals surface area contributed by atoms with Crippen LogP contribution in [0.15, 0.2) is 41.8 Å². The molecule has 0 aliphatic carbocycles. The van der Waals surface area contributed by atoms with Crippen LogP contribution in [0.4, 0.5) is 4.39 Å². The van der Waals surface area contributed by atoms with Crippen molar-refractivity contribution < 1.29 is 17.9 Å². The van der Waals surface area contributed by atoms with E-state index in [2.05, 4.69) is 6.58 Å². The van der Waals surface area contributed by atoms with Crippen molar-refractivity contribution in [3.8, 4) is 0 Å². The van der Waals surface area contributed by atoms with Gasteiger partial charge in [-0.25, -0.2) is 12.8 Å². The van der Waals surface area contributed by atoms with E-state index in [1.54, 1.807) is 6.08 Å². The molecule has 1 aliphatic rings. The van der Waals surface area contributed by atoms with Gasteiger partial charge in [-0.1, -0.05) is 18.2 Å². The van der Waals surface area contributed by atoms with Gasteiger partial charge < -0.3 is 5.11 Å².